The molecule has 0 bridgehead atoms. The van der Waals surface area contributed by atoms with Crippen LogP contribution in [-0.4, -0.2) is 84.7 Å². The van der Waals surface area contributed by atoms with Gasteiger partial charge in [-0.1, -0.05) is 48.6 Å². The molecule has 4 amide bonds. The minimum Gasteiger partial charge on any atom is -0.375 e. The lowest BCUT2D eigenvalue weighted by Crippen LogP contribution is -2.66. The smallest absolute Gasteiger partial charge is 0.332 e. The molecular formula is C33H34FN9O3S. The zero-order valence-corrected chi connectivity index (χ0v) is 26.5. The number of piperazine rings is 1. The number of hydrogen-bond donors (Lipinski definition) is 3. The number of nitrogens with one attached hydrogen (secondary N) is 2. The molecular weight excluding hydrogens is 621 g/mol. The molecule has 47 heavy (non-hydrogen) atoms. The molecule has 14 heteroatoms. The van der Waals surface area contributed by atoms with Gasteiger partial charge in [-0.15, -0.1) is 0 Å². The van der Waals surface area contributed by atoms with E-state index in [0.29, 0.717) is 24.5 Å². The maximum absolute atomic E-state index is 14.3. The van der Waals surface area contributed by atoms with Crippen molar-refractivity contribution in [3.8, 4) is 0 Å². The molecule has 0 saturated carbocycles. The zero-order chi connectivity index (χ0) is 32.7. The number of thiazole rings is 1. The Bertz CT molecular complexity index is 1960. The first-order chi connectivity index (χ1) is 22.8. The third kappa shape index (κ3) is 5.97. The van der Waals surface area contributed by atoms with E-state index in [2.05, 4.69) is 20.5 Å². The number of halogens is 1. The number of hydrogen-bond acceptors (Lipinski definition) is 8. The topological polar surface area (TPSA) is 144 Å². The van der Waals surface area contributed by atoms with Crippen LogP contribution in [0.4, 0.5) is 14.3 Å². The van der Waals surface area contributed by atoms with E-state index in [1.54, 1.807) is 38.1 Å². The average molecular weight is 656 g/mol. The summed E-state index contributed by atoms with van der Waals surface area (Å²) < 4.78 is 14.4. The summed E-state index contributed by atoms with van der Waals surface area (Å²) in [5.41, 5.74) is 10.2. The van der Waals surface area contributed by atoms with Gasteiger partial charge in [-0.3, -0.25) is 19.7 Å². The number of H-pyrrole nitrogens is 1. The maximum atomic E-state index is 14.3. The quantitative estimate of drug-likeness (QED) is 0.219. The number of fused-ring (bicyclic) bond motifs is 3. The molecule has 2 fully saturated rings. The van der Waals surface area contributed by atoms with Crippen LogP contribution < -0.4 is 11.1 Å². The van der Waals surface area contributed by atoms with Crippen LogP contribution in [0, 0.1) is 5.82 Å². The van der Waals surface area contributed by atoms with Crippen molar-refractivity contribution >= 4 is 55.4 Å². The van der Waals surface area contributed by atoms with Crippen LogP contribution in [0.25, 0.3) is 21.1 Å². The highest BCUT2D eigenvalue weighted by Crippen LogP contribution is 2.33. The van der Waals surface area contributed by atoms with Gasteiger partial charge in [-0.25, -0.2) is 14.2 Å². The third-order valence-electron chi connectivity index (χ3n) is 8.72. The van der Waals surface area contributed by atoms with Crippen molar-refractivity contribution in [2.24, 2.45) is 0 Å². The predicted octanol–water partition coefficient (Wildman–Crippen LogP) is 3.85. The zero-order valence-electron chi connectivity index (χ0n) is 25.7. The number of carbonyl (C=O) groups is 3. The molecule has 7 rings (SSSR count). The number of rotatable bonds is 9. The summed E-state index contributed by atoms with van der Waals surface area (Å²) in [5, 5.41) is 14.7. The van der Waals surface area contributed by atoms with E-state index in [0.717, 1.165) is 37.8 Å². The van der Waals surface area contributed by atoms with E-state index < -0.39 is 12.2 Å². The van der Waals surface area contributed by atoms with Gasteiger partial charge in [0.25, 0.3) is 0 Å². The van der Waals surface area contributed by atoms with Crippen LogP contribution in [0.2, 0.25) is 0 Å². The third-order valence-corrected chi connectivity index (χ3v) is 9.57. The van der Waals surface area contributed by atoms with Crippen LogP contribution in [0.3, 0.4) is 0 Å². The van der Waals surface area contributed by atoms with Gasteiger partial charge in [-0.05, 0) is 53.4 Å². The lowest BCUT2D eigenvalue weighted by Gasteiger charge is -2.46. The first kappa shape index (κ1) is 30.6. The fourth-order valence-corrected chi connectivity index (χ4v) is 7.30. The molecule has 0 radical (unpaired) electrons. The van der Waals surface area contributed by atoms with Crippen LogP contribution in [0.5, 0.6) is 0 Å². The lowest BCUT2D eigenvalue weighted by atomic mass is 9.99. The number of para-hydroxylation sites is 1. The van der Waals surface area contributed by atoms with E-state index in [4.69, 9.17) is 5.73 Å². The molecule has 3 aromatic carbocycles. The monoisotopic (exact) mass is 655 g/mol. The maximum Gasteiger partial charge on any atom is 0.332 e. The molecule has 2 atom stereocenters. The van der Waals surface area contributed by atoms with Crippen LogP contribution in [0.15, 0.2) is 66.9 Å². The van der Waals surface area contributed by atoms with Crippen LogP contribution >= 0.6 is 11.3 Å². The number of nitrogens with two attached hydrogens (primary N) is 1. The number of hydrazine groups is 1. The SMILES string of the molecule is CCCN(C(=O)NCc1ccc(F)cc1)N1CC(=O)N2[C@@H](Cc3ccc4[nH]ncc4c3)C(=O)N(Cc3cccc4sc(N)nc34)C[C@@H]21. The number of urea groups is 1. The Balaban J connectivity index is 1.20. The minimum atomic E-state index is -0.791. The highest BCUT2D eigenvalue weighted by Gasteiger charge is 2.52. The Morgan fingerprint density at radius 2 is 1.96 bits per heavy atom. The summed E-state index contributed by atoms with van der Waals surface area (Å²) in [6.07, 6.45) is 2.09. The van der Waals surface area contributed by atoms with Gasteiger partial charge in [0.2, 0.25) is 11.8 Å². The van der Waals surface area contributed by atoms with E-state index in [9.17, 15) is 18.8 Å². The van der Waals surface area contributed by atoms with Gasteiger partial charge in [0.05, 0.1) is 35.0 Å². The number of anilines is 1. The van der Waals surface area contributed by atoms with Gasteiger partial charge in [0, 0.05) is 31.4 Å². The Morgan fingerprint density at radius 1 is 1.15 bits per heavy atom. The first-order valence-electron chi connectivity index (χ1n) is 15.5. The number of aromatic nitrogens is 3. The summed E-state index contributed by atoms with van der Waals surface area (Å²) in [5.74, 6) is -0.751. The Kier molecular flexibility index (Phi) is 8.20. The molecule has 0 aliphatic carbocycles. The van der Waals surface area contributed by atoms with Crippen molar-refractivity contribution in [3.63, 3.8) is 0 Å². The minimum absolute atomic E-state index is 0.0504. The van der Waals surface area contributed by atoms with Gasteiger partial charge in [0.1, 0.15) is 18.0 Å². The summed E-state index contributed by atoms with van der Waals surface area (Å²) in [4.78, 5) is 49.7. The Labute approximate surface area is 273 Å². The summed E-state index contributed by atoms with van der Waals surface area (Å²) >= 11 is 1.39. The number of aromatic amines is 1. The number of benzene rings is 3. The number of amides is 4. The first-order valence-corrected chi connectivity index (χ1v) is 16.3. The lowest BCUT2D eigenvalue weighted by molar-refractivity contribution is -0.157. The normalized spacial score (nSPS) is 18.3. The fraction of sp³-hybridized carbons (Fsp3) is 0.303. The van der Waals surface area contributed by atoms with Crippen molar-refractivity contribution in [1.82, 2.24) is 40.3 Å². The summed E-state index contributed by atoms with van der Waals surface area (Å²) in [6.45, 7) is 2.93. The highest BCUT2D eigenvalue weighted by atomic mass is 32.1. The van der Waals surface area contributed by atoms with Gasteiger partial charge in [-0.2, -0.15) is 10.1 Å². The van der Waals surface area contributed by atoms with Gasteiger partial charge >= 0.3 is 6.03 Å². The number of nitrogens with zero attached hydrogens (tertiary/aromatic N) is 6. The second kappa shape index (κ2) is 12.6. The van der Waals surface area contributed by atoms with Crippen LogP contribution in [-0.2, 0) is 29.1 Å². The average Bonchev–Trinajstić information content (AvgIpc) is 3.77. The highest BCUT2D eigenvalue weighted by molar-refractivity contribution is 7.22. The van der Waals surface area contributed by atoms with E-state index in [1.807, 2.05) is 43.3 Å². The molecule has 2 saturated heterocycles. The molecule has 2 aliphatic heterocycles. The van der Waals surface area contributed by atoms with E-state index in [1.165, 1.54) is 23.5 Å². The molecule has 5 aromatic rings. The van der Waals surface area contributed by atoms with Crippen molar-refractivity contribution in [1.29, 1.82) is 0 Å². The molecule has 0 unspecified atom stereocenters. The molecule has 2 aliphatic rings. The van der Waals surface area contributed by atoms with Gasteiger partial charge in [0.15, 0.2) is 5.13 Å². The van der Waals surface area contributed by atoms with Gasteiger partial charge < -0.3 is 20.9 Å². The molecule has 4 heterocycles. The van der Waals surface area contributed by atoms with Crippen molar-refractivity contribution in [2.75, 3.05) is 25.4 Å². The van der Waals surface area contributed by atoms with E-state index in [-0.39, 0.29) is 49.8 Å². The standard InChI is InChI=1S/C33H34FN9O3S/c1-2-12-41(33(46)36-15-20-6-9-24(34)10-7-20)42-19-29(44)43-26(14-21-8-11-25-23(13-21)16-37-39-25)31(45)40(18-28(42)43)17-22-4-3-5-27-30(22)38-32(35)47-27/h3-11,13,16,26,28H,2,12,14-15,17-19H2,1H3,(H2,35,38)(H,36,46)(H,37,39)/t26-,28+/m0/s1. The van der Waals surface area contributed by atoms with Crippen molar-refractivity contribution in [3.05, 3.63) is 89.4 Å². The molecule has 2 aromatic heterocycles. The Hall–Kier alpha value is -5.08. The number of nitrogen functional groups attached to an aromatic ring is 1. The second-order valence-corrected chi connectivity index (χ2v) is 12.9. The molecule has 0 spiro atoms. The molecule has 12 nitrogen and oxygen atoms in total. The predicted molar refractivity (Wildman–Crippen MR) is 176 cm³/mol. The second-order valence-electron chi connectivity index (χ2n) is 11.8. The van der Waals surface area contributed by atoms with Crippen LogP contribution in [0.1, 0.15) is 30.0 Å². The molecule has 242 valence electrons. The Morgan fingerprint density at radius 3 is 2.77 bits per heavy atom. The summed E-state index contributed by atoms with van der Waals surface area (Å²) in [6, 6.07) is 16.4. The van der Waals surface area contributed by atoms with Crippen molar-refractivity contribution in [2.45, 2.75) is 45.1 Å². The largest absolute Gasteiger partial charge is 0.375 e. The van der Waals surface area contributed by atoms with Crippen molar-refractivity contribution < 1.29 is 18.8 Å². The fourth-order valence-electron chi connectivity index (χ4n) is 6.52. The number of carbonyl (C=O) groups excluding carboxylic acids is 3. The summed E-state index contributed by atoms with van der Waals surface area (Å²) in [7, 11) is 0. The van der Waals surface area contributed by atoms with E-state index >= 15 is 0 Å². The molecule has 4 N–H and O–H groups in total.